The average molecular weight is 481 g/mol. The Hall–Kier alpha value is -3.65. The summed E-state index contributed by atoms with van der Waals surface area (Å²) in [6.07, 6.45) is 1.72. The number of aryl methyl sites for hydroxylation is 1. The molecule has 1 amide bonds. The molecule has 0 saturated carbocycles. The van der Waals surface area contributed by atoms with E-state index in [-0.39, 0.29) is 4.90 Å². The maximum atomic E-state index is 13.3. The van der Waals surface area contributed by atoms with Crippen LogP contribution in [0.4, 0.5) is 11.4 Å². The summed E-state index contributed by atoms with van der Waals surface area (Å²) in [6.45, 7) is 3.85. The number of carbonyl (C=O) groups is 2. The van der Waals surface area contributed by atoms with Gasteiger partial charge in [-0.1, -0.05) is 49.2 Å². The van der Waals surface area contributed by atoms with E-state index < -0.39 is 28.4 Å². The van der Waals surface area contributed by atoms with E-state index in [4.69, 9.17) is 4.74 Å². The summed E-state index contributed by atoms with van der Waals surface area (Å²) in [7, 11) is -3.97. The lowest BCUT2D eigenvalue weighted by molar-refractivity contribution is -0.114. The van der Waals surface area contributed by atoms with Gasteiger partial charge in [0.25, 0.3) is 10.0 Å². The summed E-state index contributed by atoms with van der Waals surface area (Å²) in [5.74, 6) is -0.941. The molecule has 178 valence electrons. The van der Waals surface area contributed by atoms with Crippen molar-refractivity contribution in [1.82, 2.24) is 0 Å². The summed E-state index contributed by atoms with van der Waals surface area (Å²) in [5.41, 5.74) is 2.17. The van der Waals surface area contributed by atoms with Crippen molar-refractivity contribution in [2.45, 2.75) is 31.6 Å². The SMILES string of the molecule is CCCCOC(=O)c1ccc(NC(=O)CN(c2ccc(C)cc2)S(=O)(=O)c2ccccc2)cc1. The zero-order valence-electron chi connectivity index (χ0n) is 19.2. The van der Waals surface area contributed by atoms with Crippen LogP contribution >= 0.6 is 0 Å². The van der Waals surface area contributed by atoms with Crippen LogP contribution in [0.2, 0.25) is 0 Å². The molecule has 3 rings (SSSR count). The Balaban J connectivity index is 1.76. The van der Waals surface area contributed by atoms with Crippen molar-refractivity contribution >= 4 is 33.3 Å². The lowest BCUT2D eigenvalue weighted by Gasteiger charge is -2.24. The predicted molar refractivity (Wildman–Crippen MR) is 132 cm³/mol. The Morgan fingerprint density at radius 1 is 0.912 bits per heavy atom. The van der Waals surface area contributed by atoms with E-state index in [0.717, 1.165) is 22.7 Å². The van der Waals surface area contributed by atoms with E-state index >= 15 is 0 Å². The van der Waals surface area contributed by atoms with Crippen LogP contribution in [0.15, 0.2) is 83.8 Å². The number of rotatable bonds is 10. The highest BCUT2D eigenvalue weighted by atomic mass is 32.2. The van der Waals surface area contributed by atoms with Crippen molar-refractivity contribution < 1.29 is 22.7 Å². The summed E-state index contributed by atoms with van der Waals surface area (Å²) in [6, 6.07) is 21.2. The normalized spacial score (nSPS) is 11.0. The molecule has 7 nitrogen and oxygen atoms in total. The van der Waals surface area contributed by atoms with Crippen LogP contribution < -0.4 is 9.62 Å². The highest BCUT2D eigenvalue weighted by Gasteiger charge is 2.27. The standard InChI is InChI=1S/C26H28N2O5S/c1-3-4-18-33-26(30)21-12-14-22(15-13-21)27-25(29)19-28(23-16-10-20(2)11-17-23)34(31,32)24-8-6-5-7-9-24/h5-17H,3-4,18-19H2,1-2H3,(H,27,29). The van der Waals surface area contributed by atoms with Gasteiger partial charge in [0.1, 0.15) is 6.54 Å². The fraction of sp³-hybridized carbons (Fsp3) is 0.231. The lowest BCUT2D eigenvalue weighted by atomic mass is 10.2. The van der Waals surface area contributed by atoms with Gasteiger partial charge in [-0.15, -0.1) is 0 Å². The minimum Gasteiger partial charge on any atom is -0.462 e. The molecule has 0 aliphatic carbocycles. The second-order valence-electron chi connectivity index (χ2n) is 7.78. The van der Waals surface area contributed by atoms with E-state index in [2.05, 4.69) is 5.32 Å². The quantitative estimate of drug-likeness (QED) is 0.333. The number of esters is 1. The van der Waals surface area contributed by atoms with Crippen molar-refractivity contribution in [2.75, 3.05) is 22.8 Å². The van der Waals surface area contributed by atoms with E-state index in [9.17, 15) is 18.0 Å². The summed E-state index contributed by atoms with van der Waals surface area (Å²) >= 11 is 0. The maximum absolute atomic E-state index is 13.3. The van der Waals surface area contributed by atoms with Crippen molar-refractivity contribution in [2.24, 2.45) is 0 Å². The van der Waals surface area contributed by atoms with Crippen LogP contribution in [-0.4, -0.2) is 33.4 Å². The van der Waals surface area contributed by atoms with Crippen LogP contribution in [0.1, 0.15) is 35.7 Å². The number of benzene rings is 3. The zero-order chi connectivity index (χ0) is 24.6. The number of ether oxygens (including phenoxy) is 1. The van der Waals surface area contributed by atoms with Crippen LogP contribution in [0.3, 0.4) is 0 Å². The van der Waals surface area contributed by atoms with Crippen LogP contribution in [-0.2, 0) is 19.6 Å². The van der Waals surface area contributed by atoms with Gasteiger partial charge in [-0.2, -0.15) is 0 Å². The molecule has 0 aliphatic rings. The van der Waals surface area contributed by atoms with Gasteiger partial charge in [-0.05, 0) is 61.9 Å². The monoisotopic (exact) mass is 480 g/mol. The molecule has 0 spiro atoms. The van der Waals surface area contributed by atoms with E-state index in [0.29, 0.717) is 23.5 Å². The van der Waals surface area contributed by atoms with E-state index in [1.807, 2.05) is 13.8 Å². The predicted octanol–water partition coefficient (Wildman–Crippen LogP) is 4.79. The zero-order valence-corrected chi connectivity index (χ0v) is 20.0. The highest BCUT2D eigenvalue weighted by Crippen LogP contribution is 2.24. The molecular formula is C26H28N2O5S. The first-order chi connectivity index (χ1) is 16.3. The number of amides is 1. The summed E-state index contributed by atoms with van der Waals surface area (Å²) < 4.78 is 32.9. The molecule has 0 aliphatic heterocycles. The fourth-order valence-electron chi connectivity index (χ4n) is 3.16. The Kier molecular flexibility index (Phi) is 8.43. The third kappa shape index (κ3) is 6.45. The first kappa shape index (κ1) is 25.0. The average Bonchev–Trinajstić information content (AvgIpc) is 2.84. The third-order valence-electron chi connectivity index (χ3n) is 5.08. The Labute approximate surface area is 200 Å². The van der Waals surface area contributed by atoms with Crippen LogP contribution in [0.5, 0.6) is 0 Å². The van der Waals surface area contributed by atoms with Gasteiger partial charge in [0.05, 0.1) is 22.8 Å². The van der Waals surface area contributed by atoms with Crippen molar-refractivity contribution in [3.8, 4) is 0 Å². The molecule has 34 heavy (non-hydrogen) atoms. The van der Waals surface area contributed by atoms with E-state index in [1.54, 1.807) is 66.7 Å². The highest BCUT2D eigenvalue weighted by molar-refractivity contribution is 7.92. The second-order valence-corrected chi connectivity index (χ2v) is 9.64. The Morgan fingerprint density at radius 2 is 1.56 bits per heavy atom. The maximum Gasteiger partial charge on any atom is 0.338 e. The molecule has 3 aromatic rings. The molecule has 0 saturated heterocycles. The minimum atomic E-state index is -3.97. The number of unbranched alkanes of at least 4 members (excludes halogenated alkanes) is 1. The molecule has 0 atom stereocenters. The molecule has 0 unspecified atom stereocenters. The summed E-state index contributed by atoms with van der Waals surface area (Å²) in [4.78, 5) is 25.0. The number of sulfonamides is 1. The number of nitrogens with one attached hydrogen (secondary N) is 1. The Morgan fingerprint density at radius 3 is 2.18 bits per heavy atom. The molecule has 1 N–H and O–H groups in total. The van der Waals surface area contributed by atoms with Crippen LogP contribution in [0, 0.1) is 6.92 Å². The van der Waals surface area contributed by atoms with Crippen molar-refractivity contribution in [1.29, 1.82) is 0 Å². The molecular weight excluding hydrogens is 452 g/mol. The van der Waals surface area contributed by atoms with Crippen LogP contribution in [0.25, 0.3) is 0 Å². The first-order valence-electron chi connectivity index (χ1n) is 11.0. The van der Waals surface area contributed by atoms with Gasteiger partial charge >= 0.3 is 5.97 Å². The molecule has 3 aromatic carbocycles. The molecule has 8 heteroatoms. The van der Waals surface area contributed by atoms with Gasteiger partial charge in [-0.25, -0.2) is 13.2 Å². The van der Waals surface area contributed by atoms with Gasteiger partial charge in [0.15, 0.2) is 0 Å². The van der Waals surface area contributed by atoms with Gasteiger partial charge in [0.2, 0.25) is 5.91 Å². The number of hydrogen-bond donors (Lipinski definition) is 1. The van der Waals surface area contributed by atoms with E-state index in [1.165, 1.54) is 12.1 Å². The van der Waals surface area contributed by atoms with Crippen molar-refractivity contribution in [3.05, 3.63) is 90.0 Å². The number of anilines is 2. The topological polar surface area (TPSA) is 92.8 Å². The third-order valence-corrected chi connectivity index (χ3v) is 6.86. The molecule has 0 heterocycles. The molecule has 0 bridgehead atoms. The first-order valence-corrected chi connectivity index (χ1v) is 12.5. The largest absolute Gasteiger partial charge is 0.462 e. The minimum absolute atomic E-state index is 0.0920. The molecule has 0 fully saturated rings. The smallest absolute Gasteiger partial charge is 0.338 e. The second kappa shape index (κ2) is 11.5. The molecule has 0 radical (unpaired) electrons. The fourth-order valence-corrected chi connectivity index (χ4v) is 4.60. The summed E-state index contributed by atoms with van der Waals surface area (Å²) in [5, 5.41) is 2.70. The number of carbonyl (C=O) groups excluding carboxylic acids is 2. The van der Waals surface area contributed by atoms with Crippen molar-refractivity contribution in [3.63, 3.8) is 0 Å². The number of nitrogens with zero attached hydrogens (tertiary/aromatic N) is 1. The Bertz CT molecular complexity index is 1210. The van der Waals surface area contributed by atoms with Gasteiger partial charge in [0, 0.05) is 5.69 Å². The number of hydrogen-bond acceptors (Lipinski definition) is 5. The van der Waals surface area contributed by atoms with Gasteiger partial charge in [-0.3, -0.25) is 9.10 Å². The lowest BCUT2D eigenvalue weighted by Crippen LogP contribution is -2.38. The molecule has 0 aromatic heterocycles. The van der Waals surface area contributed by atoms with Gasteiger partial charge < -0.3 is 10.1 Å².